The molecule has 0 aromatic carbocycles. The summed E-state index contributed by atoms with van der Waals surface area (Å²) in [4.78, 5) is 10.7. The quantitative estimate of drug-likeness (QED) is 0.862. The van der Waals surface area contributed by atoms with Gasteiger partial charge in [-0.25, -0.2) is 4.68 Å². The van der Waals surface area contributed by atoms with Crippen LogP contribution in [0.3, 0.4) is 0 Å². The molecule has 0 aliphatic rings. The van der Waals surface area contributed by atoms with Crippen LogP contribution < -0.4 is 0 Å². The lowest BCUT2D eigenvalue weighted by Gasteiger charge is -2.10. The van der Waals surface area contributed by atoms with Crippen LogP contribution in [0.1, 0.15) is 24.7 Å². The Balaban J connectivity index is 2.28. The largest absolute Gasteiger partial charge is 0.481 e. The molecule has 0 saturated carbocycles. The van der Waals surface area contributed by atoms with Crippen molar-refractivity contribution in [3.8, 4) is 11.4 Å². The molecule has 1 atom stereocenters. The SMILES string of the molecule is Cc1cc(-c2nnnn2CC(C)CC(=O)O)c(C)nn1. The van der Waals surface area contributed by atoms with Crippen LogP contribution in [0.25, 0.3) is 11.4 Å². The molecular weight excluding hydrogens is 260 g/mol. The fraction of sp³-hybridized carbons (Fsp3) is 0.500. The molecule has 2 aromatic heterocycles. The first-order valence-corrected chi connectivity index (χ1v) is 6.26. The van der Waals surface area contributed by atoms with E-state index < -0.39 is 5.97 Å². The molecule has 2 rings (SSSR count). The van der Waals surface area contributed by atoms with E-state index in [-0.39, 0.29) is 12.3 Å². The lowest BCUT2D eigenvalue weighted by molar-refractivity contribution is -0.138. The minimum Gasteiger partial charge on any atom is -0.481 e. The second kappa shape index (κ2) is 5.72. The van der Waals surface area contributed by atoms with Gasteiger partial charge in [0, 0.05) is 18.5 Å². The molecule has 0 aliphatic carbocycles. The number of aryl methyl sites for hydroxylation is 2. The standard InChI is InChI=1S/C12H16N6O2/c1-7(4-11(19)20)6-18-12(15-16-17-18)10-5-8(2)13-14-9(10)3/h5,7H,4,6H2,1-3H3,(H,19,20). The Bertz CT molecular complexity index is 624. The molecular formula is C12H16N6O2. The predicted octanol–water partition coefficient (Wildman–Crippen LogP) is 0.858. The van der Waals surface area contributed by atoms with E-state index in [1.165, 1.54) is 0 Å². The van der Waals surface area contributed by atoms with Crippen LogP contribution in [-0.4, -0.2) is 41.5 Å². The van der Waals surface area contributed by atoms with Crippen molar-refractivity contribution in [1.29, 1.82) is 0 Å². The summed E-state index contributed by atoms with van der Waals surface area (Å²) in [5, 5.41) is 28.4. The number of carboxylic acid groups (broad SMARTS) is 1. The third-order valence-electron chi connectivity index (χ3n) is 2.88. The van der Waals surface area contributed by atoms with Gasteiger partial charge in [0.05, 0.1) is 11.4 Å². The van der Waals surface area contributed by atoms with Crippen LogP contribution in [0, 0.1) is 19.8 Å². The van der Waals surface area contributed by atoms with Crippen LogP contribution in [0.5, 0.6) is 0 Å². The van der Waals surface area contributed by atoms with Gasteiger partial charge in [-0.15, -0.1) is 5.10 Å². The second-order valence-electron chi connectivity index (χ2n) is 4.87. The van der Waals surface area contributed by atoms with Crippen molar-refractivity contribution in [1.82, 2.24) is 30.4 Å². The number of carboxylic acids is 1. The van der Waals surface area contributed by atoms with E-state index in [2.05, 4.69) is 25.7 Å². The van der Waals surface area contributed by atoms with Gasteiger partial charge in [-0.2, -0.15) is 10.2 Å². The van der Waals surface area contributed by atoms with Crippen molar-refractivity contribution < 1.29 is 9.90 Å². The lowest BCUT2D eigenvalue weighted by Crippen LogP contribution is -2.14. The Morgan fingerprint density at radius 2 is 2.10 bits per heavy atom. The second-order valence-corrected chi connectivity index (χ2v) is 4.87. The van der Waals surface area contributed by atoms with E-state index in [0.717, 1.165) is 17.0 Å². The zero-order chi connectivity index (χ0) is 14.7. The first kappa shape index (κ1) is 14.0. The first-order chi connectivity index (χ1) is 9.47. The average Bonchev–Trinajstić information content (AvgIpc) is 2.79. The van der Waals surface area contributed by atoms with E-state index in [1.54, 1.807) is 4.68 Å². The Morgan fingerprint density at radius 3 is 2.80 bits per heavy atom. The molecule has 0 fully saturated rings. The summed E-state index contributed by atoms with van der Waals surface area (Å²) in [7, 11) is 0. The number of carbonyl (C=O) groups is 1. The first-order valence-electron chi connectivity index (χ1n) is 6.26. The molecule has 2 heterocycles. The number of nitrogens with zero attached hydrogens (tertiary/aromatic N) is 6. The number of hydrogen-bond acceptors (Lipinski definition) is 6. The number of hydrogen-bond donors (Lipinski definition) is 1. The molecule has 2 aromatic rings. The highest BCUT2D eigenvalue weighted by atomic mass is 16.4. The molecule has 0 radical (unpaired) electrons. The monoisotopic (exact) mass is 276 g/mol. The maximum atomic E-state index is 10.7. The van der Waals surface area contributed by atoms with E-state index in [0.29, 0.717) is 12.4 Å². The van der Waals surface area contributed by atoms with Crippen molar-refractivity contribution in [2.24, 2.45) is 5.92 Å². The molecule has 1 unspecified atom stereocenters. The minimum absolute atomic E-state index is 0.0639. The number of aliphatic carboxylic acids is 1. The molecule has 0 aliphatic heterocycles. The summed E-state index contributed by atoms with van der Waals surface area (Å²) in [6, 6.07) is 1.87. The van der Waals surface area contributed by atoms with Crippen LogP contribution in [0.15, 0.2) is 6.07 Å². The van der Waals surface area contributed by atoms with E-state index in [1.807, 2.05) is 26.8 Å². The van der Waals surface area contributed by atoms with Crippen molar-refractivity contribution in [3.63, 3.8) is 0 Å². The Hall–Kier alpha value is -2.38. The smallest absolute Gasteiger partial charge is 0.303 e. The molecule has 0 amide bonds. The van der Waals surface area contributed by atoms with Gasteiger partial charge in [-0.1, -0.05) is 6.92 Å². The van der Waals surface area contributed by atoms with E-state index in [9.17, 15) is 4.79 Å². The summed E-state index contributed by atoms with van der Waals surface area (Å²) >= 11 is 0. The third kappa shape index (κ3) is 3.14. The molecule has 0 bridgehead atoms. The zero-order valence-corrected chi connectivity index (χ0v) is 11.6. The minimum atomic E-state index is -0.829. The van der Waals surface area contributed by atoms with E-state index in [4.69, 9.17) is 5.11 Å². The van der Waals surface area contributed by atoms with Crippen LogP contribution >= 0.6 is 0 Å². The lowest BCUT2D eigenvalue weighted by atomic mass is 10.1. The van der Waals surface area contributed by atoms with Crippen molar-refractivity contribution in [3.05, 3.63) is 17.5 Å². The van der Waals surface area contributed by atoms with Gasteiger partial charge in [0.2, 0.25) is 0 Å². The summed E-state index contributed by atoms with van der Waals surface area (Å²) in [6.07, 6.45) is 0.0753. The maximum Gasteiger partial charge on any atom is 0.303 e. The topological polar surface area (TPSA) is 107 Å². The average molecular weight is 276 g/mol. The molecule has 106 valence electrons. The van der Waals surface area contributed by atoms with Crippen LogP contribution in [-0.2, 0) is 11.3 Å². The highest BCUT2D eigenvalue weighted by Gasteiger charge is 2.16. The Kier molecular flexibility index (Phi) is 4.02. The van der Waals surface area contributed by atoms with E-state index >= 15 is 0 Å². The van der Waals surface area contributed by atoms with Crippen LogP contribution in [0.4, 0.5) is 0 Å². The molecule has 8 nitrogen and oxygen atoms in total. The highest BCUT2D eigenvalue weighted by molar-refractivity contribution is 5.67. The molecule has 0 saturated heterocycles. The van der Waals surface area contributed by atoms with Crippen molar-refractivity contribution in [2.45, 2.75) is 33.7 Å². The Morgan fingerprint density at radius 1 is 1.35 bits per heavy atom. The number of tetrazole rings is 1. The van der Waals surface area contributed by atoms with Gasteiger partial charge in [-0.05, 0) is 36.3 Å². The van der Waals surface area contributed by atoms with Crippen molar-refractivity contribution in [2.75, 3.05) is 0 Å². The van der Waals surface area contributed by atoms with Gasteiger partial charge in [-0.3, -0.25) is 4.79 Å². The van der Waals surface area contributed by atoms with Gasteiger partial charge in [0.1, 0.15) is 0 Å². The summed E-state index contributed by atoms with van der Waals surface area (Å²) in [5.74, 6) is -0.312. The van der Waals surface area contributed by atoms with Gasteiger partial charge >= 0.3 is 5.97 Å². The predicted molar refractivity (Wildman–Crippen MR) is 69.7 cm³/mol. The molecule has 20 heavy (non-hydrogen) atoms. The highest BCUT2D eigenvalue weighted by Crippen LogP contribution is 2.20. The number of aromatic nitrogens is 6. The van der Waals surface area contributed by atoms with Crippen molar-refractivity contribution >= 4 is 5.97 Å². The zero-order valence-electron chi connectivity index (χ0n) is 11.6. The van der Waals surface area contributed by atoms with Gasteiger partial charge in [0.25, 0.3) is 0 Å². The van der Waals surface area contributed by atoms with Gasteiger partial charge in [0.15, 0.2) is 5.82 Å². The molecule has 1 N–H and O–H groups in total. The van der Waals surface area contributed by atoms with Crippen LogP contribution in [0.2, 0.25) is 0 Å². The summed E-state index contributed by atoms with van der Waals surface area (Å²) in [5.41, 5.74) is 2.32. The molecule has 8 heteroatoms. The van der Waals surface area contributed by atoms with Gasteiger partial charge < -0.3 is 5.11 Å². The fourth-order valence-electron chi connectivity index (χ4n) is 1.95. The molecule has 0 spiro atoms. The normalized spacial score (nSPS) is 12.3. The Labute approximate surface area is 115 Å². The summed E-state index contributed by atoms with van der Waals surface area (Å²) < 4.78 is 1.61. The maximum absolute atomic E-state index is 10.7. The summed E-state index contributed by atoms with van der Waals surface area (Å²) in [6.45, 7) is 5.97. The third-order valence-corrected chi connectivity index (χ3v) is 2.88. The fourth-order valence-corrected chi connectivity index (χ4v) is 1.95. The number of rotatable bonds is 5.